The summed E-state index contributed by atoms with van der Waals surface area (Å²) in [6.07, 6.45) is 1.23. The maximum atomic E-state index is 11.5. The molecule has 0 aliphatic heterocycles. The number of nitrogens with one attached hydrogen (secondary N) is 3. The molecule has 2 amide bonds. The van der Waals surface area contributed by atoms with Gasteiger partial charge in [0.05, 0.1) is 13.1 Å². The van der Waals surface area contributed by atoms with Crippen LogP contribution in [0.2, 0.25) is 0 Å². The van der Waals surface area contributed by atoms with Gasteiger partial charge in [0.25, 0.3) is 0 Å². The molecular formula is C14H27N3O2. The fraction of sp³-hybridized carbons (Fsp3) is 0.714. The van der Waals surface area contributed by atoms with Crippen LogP contribution in [0.1, 0.15) is 40.5 Å². The van der Waals surface area contributed by atoms with Crippen LogP contribution in [0.25, 0.3) is 0 Å². The van der Waals surface area contributed by atoms with Crippen LogP contribution in [-0.4, -0.2) is 31.4 Å². The van der Waals surface area contributed by atoms with Crippen LogP contribution < -0.4 is 16.0 Å². The summed E-state index contributed by atoms with van der Waals surface area (Å²) in [5.41, 5.74) is 0.935. The van der Waals surface area contributed by atoms with Gasteiger partial charge in [0.1, 0.15) is 0 Å². The van der Waals surface area contributed by atoms with Crippen LogP contribution in [0.15, 0.2) is 12.3 Å². The second kappa shape index (κ2) is 8.56. The van der Waals surface area contributed by atoms with Gasteiger partial charge in [0.2, 0.25) is 11.8 Å². The van der Waals surface area contributed by atoms with Crippen molar-refractivity contribution in [1.29, 1.82) is 0 Å². The molecule has 0 aromatic rings. The van der Waals surface area contributed by atoms with Crippen LogP contribution in [0.5, 0.6) is 0 Å². The molecule has 0 saturated heterocycles. The monoisotopic (exact) mass is 269 g/mol. The highest BCUT2D eigenvalue weighted by Crippen LogP contribution is 2.10. The van der Waals surface area contributed by atoms with E-state index in [1.165, 1.54) is 0 Å². The van der Waals surface area contributed by atoms with E-state index >= 15 is 0 Å². The lowest BCUT2D eigenvalue weighted by atomic mass is 9.97. The van der Waals surface area contributed by atoms with Gasteiger partial charge in [0, 0.05) is 18.7 Å². The molecule has 0 unspecified atom stereocenters. The topological polar surface area (TPSA) is 70.2 Å². The van der Waals surface area contributed by atoms with Crippen molar-refractivity contribution in [2.45, 2.75) is 40.5 Å². The minimum absolute atomic E-state index is 0.0192. The molecule has 0 radical (unpaired) electrons. The minimum Gasteiger partial charge on any atom is -0.387 e. The number of carbonyl (C=O) groups excluding carboxylic acids is 2. The highest BCUT2D eigenvalue weighted by Gasteiger charge is 2.10. The normalized spacial score (nSPS) is 10.7. The number of hydrogen-bond acceptors (Lipinski definition) is 3. The van der Waals surface area contributed by atoms with Gasteiger partial charge in [-0.05, 0) is 11.8 Å². The van der Waals surface area contributed by atoms with E-state index in [2.05, 4.69) is 43.3 Å². The molecule has 5 nitrogen and oxygen atoms in total. The van der Waals surface area contributed by atoms with Gasteiger partial charge in [0.15, 0.2) is 0 Å². The average molecular weight is 269 g/mol. The van der Waals surface area contributed by atoms with Gasteiger partial charge >= 0.3 is 0 Å². The van der Waals surface area contributed by atoms with Crippen LogP contribution in [0, 0.1) is 5.41 Å². The van der Waals surface area contributed by atoms with Crippen molar-refractivity contribution in [1.82, 2.24) is 16.0 Å². The van der Waals surface area contributed by atoms with Crippen molar-refractivity contribution in [2.24, 2.45) is 5.41 Å². The maximum Gasteiger partial charge on any atom is 0.239 e. The first-order valence-electron chi connectivity index (χ1n) is 6.69. The number of amides is 2. The maximum absolute atomic E-state index is 11.5. The van der Waals surface area contributed by atoms with Gasteiger partial charge in [-0.3, -0.25) is 9.59 Å². The molecule has 0 rings (SSSR count). The zero-order valence-corrected chi connectivity index (χ0v) is 12.6. The first kappa shape index (κ1) is 17.5. The van der Waals surface area contributed by atoms with Crippen molar-refractivity contribution in [3.05, 3.63) is 12.3 Å². The third-order valence-corrected chi connectivity index (χ3v) is 2.29. The Hall–Kier alpha value is -1.52. The Labute approximate surface area is 116 Å². The molecular weight excluding hydrogens is 242 g/mol. The third-order valence-electron chi connectivity index (χ3n) is 2.29. The van der Waals surface area contributed by atoms with Crippen LogP contribution >= 0.6 is 0 Å². The van der Waals surface area contributed by atoms with Gasteiger partial charge in [-0.15, -0.1) is 0 Å². The molecule has 0 spiro atoms. The molecule has 0 aromatic heterocycles. The Morgan fingerprint density at radius 1 is 1.00 bits per heavy atom. The summed E-state index contributed by atoms with van der Waals surface area (Å²) in [5.74, 6) is -0.300. The number of carbonyl (C=O) groups is 2. The molecule has 0 bridgehead atoms. The van der Waals surface area contributed by atoms with E-state index in [4.69, 9.17) is 0 Å². The molecule has 5 heteroatoms. The fourth-order valence-corrected chi connectivity index (χ4v) is 1.21. The molecule has 0 saturated carbocycles. The first-order valence-corrected chi connectivity index (χ1v) is 6.69. The van der Waals surface area contributed by atoms with E-state index in [-0.39, 0.29) is 23.8 Å². The fourth-order valence-electron chi connectivity index (χ4n) is 1.21. The lowest BCUT2D eigenvalue weighted by Crippen LogP contribution is -2.39. The van der Waals surface area contributed by atoms with Crippen molar-refractivity contribution in [3.8, 4) is 0 Å². The zero-order valence-electron chi connectivity index (χ0n) is 12.6. The highest BCUT2D eigenvalue weighted by atomic mass is 16.2. The van der Waals surface area contributed by atoms with Crippen molar-refractivity contribution >= 4 is 11.8 Å². The van der Waals surface area contributed by atoms with E-state index in [0.29, 0.717) is 13.0 Å². The second-order valence-corrected chi connectivity index (χ2v) is 5.82. The van der Waals surface area contributed by atoms with Crippen molar-refractivity contribution in [2.75, 3.05) is 19.6 Å². The molecule has 0 aliphatic carbocycles. The molecule has 0 heterocycles. The molecule has 110 valence electrons. The summed E-state index contributed by atoms with van der Waals surface area (Å²) in [6, 6.07) is 0. The Balaban J connectivity index is 3.73. The summed E-state index contributed by atoms with van der Waals surface area (Å²) in [7, 11) is 0. The first-order chi connectivity index (χ1) is 8.74. The summed E-state index contributed by atoms with van der Waals surface area (Å²) in [4.78, 5) is 22.6. The van der Waals surface area contributed by atoms with Gasteiger partial charge < -0.3 is 16.0 Å². The lowest BCUT2D eigenvalue weighted by Gasteiger charge is -2.20. The zero-order chi connectivity index (χ0) is 14.9. The molecule has 0 aromatic carbocycles. The summed E-state index contributed by atoms with van der Waals surface area (Å²) in [5, 5.41) is 8.43. The van der Waals surface area contributed by atoms with Crippen molar-refractivity contribution < 1.29 is 9.59 Å². The molecule has 0 aliphatic rings. The molecule has 0 atom stereocenters. The Bertz CT molecular complexity index is 319. The standard InChI is InChI=1S/C14H27N3O2/c1-6-7-12(18)16-9-13(19)15-8-11(2)17-10-14(3,4)5/h17H,2,6-10H2,1,3-5H3,(H,15,19)(H,16,18). The lowest BCUT2D eigenvalue weighted by molar-refractivity contribution is -0.126. The predicted octanol–water partition coefficient (Wildman–Crippen LogP) is 1.17. The quantitative estimate of drug-likeness (QED) is 0.619. The number of rotatable bonds is 8. The highest BCUT2D eigenvalue weighted by molar-refractivity contribution is 5.84. The Kier molecular flexibility index (Phi) is 7.87. The summed E-state index contributed by atoms with van der Waals surface area (Å²) in [6.45, 7) is 13.3. The van der Waals surface area contributed by atoms with Gasteiger partial charge in [-0.2, -0.15) is 0 Å². The van der Waals surface area contributed by atoms with Crippen LogP contribution in [0.3, 0.4) is 0 Å². The van der Waals surface area contributed by atoms with Gasteiger partial charge in [-0.1, -0.05) is 34.3 Å². The minimum atomic E-state index is -0.205. The molecule has 19 heavy (non-hydrogen) atoms. The second-order valence-electron chi connectivity index (χ2n) is 5.82. The van der Waals surface area contributed by atoms with Crippen molar-refractivity contribution in [3.63, 3.8) is 0 Å². The van der Waals surface area contributed by atoms with E-state index < -0.39 is 0 Å². The van der Waals surface area contributed by atoms with Crippen LogP contribution in [0.4, 0.5) is 0 Å². The molecule has 3 N–H and O–H groups in total. The summed E-state index contributed by atoms with van der Waals surface area (Å²) < 4.78 is 0. The SMILES string of the molecule is C=C(CNC(=O)CNC(=O)CCC)NCC(C)(C)C. The van der Waals surface area contributed by atoms with Crippen LogP contribution in [-0.2, 0) is 9.59 Å². The Morgan fingerprint density at radius 2 is 1.58 bits per heavy atom. The average Bonchev–Trinajstić information content (AvgIpc) is 2.30. The number of hydrogen-bond donors (Lipinski definition) is 3. The molecule has 0 fully saturated rings. The Morgan fingerprint density at radius 3 is 2.11 bits per heavy atom. The van der Waals surface area contributed by atoms with E-state index in [0.717, 1.165) is 18.7 Å². The summed E-state index contributed by atoms with van der Waals surface area (Å²) >= 11 is 0. The largest absolute Gasteiger partial charge is 0.387 e. The van der Waals surface area contributed by atoms with E-state index in [1.807, 2.05) is 6.92 Å². The van der Waals surface area contributed by atoms with E-state index in [1.54, 1.807) is 0 Å². The smallest absolute Gasteiger partial charge is 0.239 e. The third kappa shape index (κ3) is 11.3. The predicted molar refractivity (Wildman–Crippen MR) is 77.5 cm³/mol. The van der Waals surface area contributed by atoms with Gasteiger partial charge in [-0.25, -0.2) is 0 Å². The van der Waals surface area contributed by atoms with E-state index in [9.17, 15) is 9.59 Å².